The van der Waals surface area contributed by atoms with E-state index < -0.39 is 0 Å². The maximum Gasteiger partial charge on any atom is 0.241 e. The smallest absolute Gasteiger partial charge is 0.241 e. The average Bonchev–Trinajstić information content (AvgIpc) is 2.39. The van der Waals surface area contributed by atoms with E-state index in [0.717, 1.165) is 0 Å². The average molecular weight is 241 g/mol. The maximum atomic E-state index is 12.2. The van der Waals surface area contributed by atoms with E-state index >= 15 is 0 Å². The van der Waals surface area contributed by atoms with E-state index in [4.69, 9.17) is 4.74 Å². The van der Waals surface area contributed by atoms with Crippen molar-refractivity contribution in [1.29, 1.82) is 0 Å². The van der Waals surface area contributed by atoms with Crippen molar-refractivity contribution in [3.8, 4) is 0 Å². The molecule has 0 radical (unpaired) electrons. The molecule has 0 aliphatic carbocycles. The molecule has 1 atom stereocenters. The summed E-state index contributed by atoms with van der Waals surface area (Å²) in [5, 5.41) is 3.18. The van der Waals surface area contributed by atoms with Crippen molar-refractivity contribution < 1.29 is 14.3 Å². The van der Waals surface area contributed by atoms with Gasteiger partial charge in [-0.2, -0.15) is 0 Å². The molecule has 96 valence electrons. The van der Waals surface area contributed by atoms with Crippen LogP contribution in [0.3, 0.4) is 0 Å². The van der Waals surface area contributed by atoms with E-state index in [0.29, 0.717) is 45.9 Å². The Hall–Kier alpha value is -1.14. The SMILES string of the molecule is CC(=O)N1CCNC(C(=O)N2CCOCC2)C1. The first kappa shape index (κ1) is 12.3. The quantitative estimate of drug-likeness (QED) is 0.617. The molecule has 0 saturated carbocycles. The van der Waals surface area contributed by atoms with E-state index in [1.54, 1.807) is 11.8 Å². The van der Waals surface area contributed by atoms with Gasteiger partial charge in [0.05, 0.1) is 13.2 Å². The summed E-state index contributed by atoms with van der Waals surface area (Å²) in [5.41, 5.74) is 0. The standard InChI is InChI=1S/C11H19N3O3/c1-9(15)14-3-2-12-10(8-14)11(16)13-4-6-17-7-5-13/h10,12H,2-8H2,1H3. The third-order valence-corrected chi connectivity index (χ3v) is 3.24. The number of amides is 2. The molecular weight excluding hydrogens is 222 g/mol. The van der Waals surface area contributed by atoms with Gasteiger partial charge >= 0.3 is 0 Å². The van der Waals surface area contributed by atoms with Crippen LogP contribution in [0.1, 0.15) is 6.92 Å². The van der Waals surface area contributed by atoms with Gasteiger partial charge in [-0.1, -0.05) is 0 Å². The lowest BCUT2D eigenvalue weighted by atomic mass is 10.1. The van der Waals surface area contributed by atoms with Crippen molar-refractivity contribution in [2.75, 3.05) is 45.9 Å². The predicted molar refractivity (Wildman–Crippen MR) is 61.4 cm³/mol. The van der Waals surface area contributed by atoms with Gasteiger partial charge < -0.3 is 19.9 Å². The molecule has 1 N–H and O–H groups in total. The van der Waals surface area contributed by atoms with Crippen molar-refractivity contribution >= 4 is 11.8 Å². The Morgan fingerprint density at radius 2 is 1.88 bits per heavy atom. The second kappa shape index (κ2) is 5.46. The molecule has 0 aromatic carbocycles. The lowest BCUT2D eigenvalue weighted by Crippen LogP contribution is -2.59. The third-order valence-electron chi connectivity index (χ3n) is 3.24. The summed E-state index contributed by atoms with van der Waals surface area (Å²) in [5.74, 6) is 0.116. The lowest BCUT2D eigenvalue weighted by Gasteiger charge is -2.36. The van der Waals surface area contributed by atoms with Crippen LogP contribution in [0.15, 0.2) is 0 Å². The molecule has 0 spiro atoms. The number of nitrogens with one attached hydrogen (secondary N) is 1. The van der Waals surface area contributed by atoms with Crippen LogP contribution in [0, 0.1) is 0 Å². The summed E-state index contributed by atoms with van der Waals surface area (Å²) >= 11 is 0. The molecule has 6 heteroatoms. The van der Waals surface area contributed by atoms with Gasteiger partial charge in [0.25, 0.3) is 0 Å². The maximum absolute atomic E-state index is 12.2. The fourth-order valence-electron chi connectivity index (χ4n) is 2.21. The molecular formula is C11H19N3O3. The Kier molecular flexibility index (Phi) is 3.96. The number of hydrogen-bond acceptors (Lipinski definition) is 4. The van der Waals surface area contributed by atoms with Crippen molar-refractivity contribution in [1.82, 2.24) is 15.1 Å². The predicted octanol–water partition coefficient (Wildman–Crippen LogP) is -1.33. The third kappa shape index (κ3) is 2.95. The molecule has 6 nitrogen and oxygen atoms in total. The zero-order valence-electron chi connectivity index (χ0n) is 10.1. The highest BCUT2D eigenvalue weighted by molar-refractivity contribution is 5.83. The van der Waals surface area contributed by atoms with Crippen LogP contribution >= 0.6 is 0 Å². The van der Waals surface area contributed by atoms with Gasteiger partial charge in [0.1, 0.15) is 6.04 Å². The second-order valence-electron chi connectivity index (χ2n) is 4.41. The van der Waals surface area contributed by atoms with Crippen molar-refractivity contribution in [2.24, 2.45) is 0 Å². The van der Waals surface area contributed by atoms with E-state index in [9.17, 15) is 9.59 Å². The Morgan fingerprint density at radius 1 is 1.18 bits per heavy atom. The van der Waals surface area contributed by atoms with Gasteiger partial charge in [0.2, 0.25) is 11.8 Å². The molecule has 0 bridgehead atoms. The molecule has 2 saturated heterocycles. The fraction of sp³-hybridized carbons (Fsp3) is 0.818. The summed E-state index contributed by atoms with van der Waals surface area (Å²) in [6.45, 7) is 5.90. The van der Waals surface area contributed by atoms with Crippen molar-refractivity contribution in [3.05, 3.63) is 0 Å². The zero-order chi connectivity index (χ0) is 12.3. The van der Waals surface area contributed by atoms with Gasteiger partial charge in [0.15, 0.2) is 0 Å². The number of piperazine rings is 1. The molecule has 2 heterocycles. The van der Waals surface area contributed by atoms with Crippen LogP contribution in [-0.4, -0.2) is 73.6 Å². The molecule has 1 unspecified atom stereocenters. The molecule has 17 heavy (non-hydrogen) atoms. The monoisotopic (exact) mass is 241 g/mol. The molecule has 2 rings (SSSR count). The van der Waals surface area contributed by atoms with Crippen LogP contribution in [0.25, 0.3) is 0 Å². The lowest BCUT2D eigenvalue weighted by molar-refractivity contribution is -0.140. The minimum Gasteiger partial charge on any atom is -0.378 e. The van der Waals surface area contributed by atoms with Gasteiger partial charge in [-0.15, -0.1) is 0 Å². The number of ether oxygens (including phenoxy) is 1. The number of hydrogen-bond donors (Lipinski definition) is 1. The number of rotatable bonds is 1. The van der Waals surface area contributed by atoms with E-state index in [1.165, 1.54) is 0 Å². The van der Waals surface area contributed by atoms with Gasteiger partial charge in [0, 0.05) is 39.6 Å². The highest BCUT2D eigenvalue weighted by Gasteiger charge is 2.30. The fourth-order valence-corrected chi connectivity index (χ4v) is 2.21. The van der Waals surface area contributed by atoms with Crippen LogP contribution in [-0.2, 0) is 14.3 Å². The first-order chi connectivity index (χ1) is 8.18. The second-order valence-corrected chi connectivity index (χ2v) is 4.41. The van der Waals surface area contributed by atoms with Gasteiger partial charge in [-0.25, -0.2) is 0 Å². The summed E-state index contributed by atoms with van der Waals surface area (Å²) < 4.78 is 5.22. The van der Waals surface area contributed by atoms with Crippen molar-refractivity contribution in [2.45, 2.75) is 13.0 Å². The molecule has 0 aromatic heterocycles. The molecule has 2 aliphatic heterocycles. The summed E-state index contributed by atoms with van der Waals surface area (Å²) in [6.07, 6.45) is 0. The number of carbonyl (C=O) groups excluding carboxylic acids is 2. The number of morpholine rings is 1. The van der Waals surface area contributed by atoms with Crippen LogP contribution in [0.2, 0.25) is 0 Å². The highest BCUT2D eigenvalue weighted by Crippen LogP contribution is 2.06. The Balaban J connectivity index is 1.91. The normalized spacial score (nSPS) is 25.8. The van der Waals surface area contributed by atoms with E-state index in [1.807, 2.05) is 4.90 Å². The van der Waals surface area contributed by atoms with Crippen LogP contribution < -0.4 is 5.32 Å². The Labute approximate surface area is 101 Å². The molecule has 0 aromatic rings. The van der Waals surface area contributed by atoms with Crippen LogP contribution in [0.4, 0.5) is 0 Å². The minimum absolute atomic E-state index is 0.0336. The number of nitrogens with zero attached hydrogens (tertiary/aromatic N) is 2. The molecule has 2 amide bonds. The number of carbonyl (C=O) groups is 2. The zero-order valence-corrected chi connectivity index (χ0v) is 10.1. The van der Waals surface area contributed by atoms with E-state index in [-0.39, 0.29) is 17.9 Å². The molecule has 2 aliphatic rings. The minimum atomic E-state index is -0.259. The van der Waals surface area contributed by atoms with Gasteiger partial charge in [-0.05, 0) is 0 Å². The summed E-state index contributed by atoms with van der Waals surface area (Å²) in [4.78, 5) is 27.0. The largest absolute Gasteiger partial charge is 0.378 e. The van der Waals surface area contributed by atoms with Crippen LogP contribution in [0.5, 0.6) is 0 Å². The Morgan fingerprint density at radius 3 is 2.53 bits per heavy atom. The van der Waals surface area contributed by atoms with E-state index in [2.05, 4.69) is 5.32 Å². The summed E-state index contributed by atoms with van der Waals surface area (Å²) in [6, 6.07) is -0.259. The highest BCUT2D eigenvalue weighted by atomic mass is 16.5. The first-order valence-corrected chi connectivity index (χ1v) is 6.04. The molecule has 2 fully saturated rings. The van der Waals surface area contributed by atoms with Gasteiger partial charge in [-0.3, -0.25) is 9.59 Å². The first-order valence-electron chi connectivity index (χ1n) is 6.04. The van der Waals surface area contributed by atoms with Crippen molar-refractivity contribution in [3.63, 3.8) is 0 Å². The topological polar surface area (TPSA) is 61.9 Å². The Bertz CT molecular complexity index is 302. The summed E-state index contributed by atoms with van der Waals surface area (Å²) in [7, 11) is 0.